The molecule has 0 radical (unpaired) electrons. The van der Waals surface area contributed by atoms with Gasteiger partial charge in [0, 0.05) is 18.7 Å². The van der Waals surface area contributed by atoms with Gasteiger partial charge in [-0.15, -0.1) is 0 Å². The largest absolute Gasteiger partial charge is 0.494 e. The standard InChI is InChI=1S/C21H25NO2/c1-4-24-21-12-15(2)19(11-16(21)3)20(23)14-22-10-9-17-7-5-6-8-18(17)13-22/h5-8,11-12H,4,9-10,13-14H2,1-3H3. The molecule has 3 heteroatoms. The molecule has 24 heavy (non-hydrogen) atoms. The summed E-state index contributed by atoms with van der Waals surface area (Å²) in [5.74, 6) is 1.07. The number of hydrogen-bond acceptors (Lipinski definition) is 3. The number of hydrogen-bond donors (Lipinski definition) is 0. The van der Waals surface area contributed by atoms with E-state index in [4.69, 9.17) is 4.74 Å². The van der Waals surface area contributed by atoms with Crippen LogP contribution in [0, 0.1) is 13.8 Å². The second-order valence-corrected chi connectivity index (χ2v) is 6.52. The van der Waals surface area contributed by atoms with Gasteiger partial charge in [0.05, 0.1) is 13.2 Å². The first kappa shape index (κ1) is 16.7. The van der Waals surface area contributed by atoms with Crippen molar-refractivity contribution in [3.8, 4) is 5.75 Å². The van der Waals surface area contributed by atoms with Crippen LogP contribution in [0.15, 0.2) is 36.4 Å². The number of Topliss-reactive ketones (excluding diaryl/α,β-unsaturated/α-hetero) is 1. The first-order chi connectivity index (χ1) is 11.6. The maximum atomic E-state index is 12.8. The molecule has 1 aliphatic heterocycles. The summed E-state index contributed by atoms with van der Waals surface area (Å²) in [6.45, 7) is 8.87. The Morgan fingerprint density at radius 3 is 2.62 bits per heavy atom. The minimum Gasteiger partial charge on any atom is -0.494 e. The topological polar surface area (TPSA) is 29.5 Å². The smallest absolute Gasteiger partial charge is 0.177 e. The number of carbonyl (C=O) groups excluding carboxylic acids is 1. The Morgan fingerprint density at radius 2 is 1.88 bits per heavy atom. The first-order valence-corrected chi connectivity index (χ1v) is 8.65. The summed E-state index contributed by atoms with van der Waals surface area (Å²) in [6.07, 6.45) is 1.02. The van der Waals surface area contributed by atoms with E-state index in [9.17, 15) is 4.79 Å². The Kier molecular flexibility index (Phi) is 5.00. The summed E-state index contributed by atoms with van der Waals surface area (Å²) < 4.78 is 5.62. The zero-order valence-electron chi connectivity index (χ0n) is 14.8. The van der Waals surface area contributed by atoms with E-state index in [1.165, 1.54) is 11.1 Å². The molecule has 0 bridgehead atoms. The highest BCUT2D eigenvalue weighted by atomic mass is 16.5. The molecule has 0 aromatic heterocycles. The molecule has 3 rings (SSSR count). The fourth-order valence-electron chi connectivity index (χ4n) is 3.38. The van der Waals surface area contributed by atoms with Crippen LogP contribution in [0.25, 0.3) is 0 Å². The molecule has 0 unspecified atom stereocenters. The van der Waals surface area contributed by atoms with Crippen LogP contribution in [-0.4, -0.2) is 30.4 Å². The summed E-state index contributed by atoms with van der Waals surface area (Å²) in [6, 6.07) is 12.5. The minimum absolute atomic E-state index is 0.193. The van der Waals surface area contributed by atoms with E-state index in [1.54, 1.807) is 0 Å². The average Bonchev–Trinajstić information content (AvgIpc) is 2.58. The molecular weight excluding hydrogens is 298 g/mol. The van der Waals surface area contributed by atoms with Crippen molar-refractivity contribution in [1.82, 2.24) is 4.90 Å². The van der Waals surface area contributed by atoms with E-state index in [2.05, 4.69) is 29.2 Å². The summed E-state index contributed by atoms with van der Waals surface area (Å²) in [7, 11) is 0. The van der Waals surface area contributed by atoms with E-state index in [-0.39, 0.29) is 5.78 Å². The third-order valence-electron chi connectivity index (χ3n) is 4.70. The molecule has 2 aromatic carbocycles. The lowest BCUT2D eigenvalue weighted by atomic mass is 9.98. The summed E-state index contributed by atoms with van der Waals surface area (Å²) >= 11 is 0. The van der Waals surface area contributed by atoms with Crippen molar-refractivity contribution >= 4 is 5.78 Å². The van der Waals surface area contributed by atoms with Crippen LogP contribution in [0.1, 0.15) is 39.5 Å². The zero-order valence-corrected chi connectivity index (χ0v) is 14.8. The molecule has 0 atom stereocenters. The number of carbonyl (C=O) groups is 1. The van der Waals surface area contributed by atoms with Crippen LogP contribution >= 0.6 is 0 Å². The normalized spacial score (nSPS) is 14.3. The monoisotopic (exact) mass is 323 g/mol. The molecule has 1 aliphatic rings. The van der Waals surface area contributed by atoms with Crippen molar-refractivity contribution in [2.75, 3.05) is 19.7 Å². The van der Waals surface area contributed by atoms with Gasteiger partial charge in [-0.1, -0.05) is 24.3 Å². The van der Waals surface area contributed by atoms with E-state index in [0.29, 0.717) is 13.2 Å². The molecule has 1 heterocycles. The molecule has 2 aromatic rings. The lowest BCUT2D eigenvalue weighted by Crippen LogP contribution is -2.35. The van der Waals surface area contributed by atoms with Gasteiger partial charge in [-0.2, -0.15) is 0 Å². The van der Waals surface area contributed by atoms with Crippen LogP contribution in [0.5, 0.6) is 5.75 Å². The van der Waals surface area contributed by atoms with Gasteiger partial charge in [0.25, 0.3) is 0 Å². The lowest BCUT2D eigenvalue weighted by molar-refractivity contribution is 0.0921. The molecule has 0 N–H and O–H groups in total. The van der Waals surface area contributed by atoms with Crippen LogP contribution in [0.4, 0.5) is 0 Å². The highest BCUT2D eigenvalue weighted by Gasteiger charge is 2.20. The van der Waals surface area contributed by atoms with Gasteiger partial charge in [-0.3, -0.25) is 9.69 Å². The fraction of sp³-hybridized carbons (Fsp3) is 0.381. The van der Waals surface area contributed by atoms with Gasteiger partial charge in [0.2, 0.25) is 0 Å². The van der Waals surface area contributed by atoms with Crippen LogP contribution in [0.2, 0.25) is 0 Å². The van der Waals surface area contributed by atoms with E-state index < -0.39 is 0 Å². The number of aryl methyl sites for hydroxylation is 2. The van der Waals surface area contributed by atoms with Gasteiger partial charge >= 0.3 is 0 Å². The summed E-state index contributed by atoms with van der Waals surface area (Å²) in [5.41, 5.74) is 5.58. The van der Waals surface area contributed by atoms with Gasteiger partial charge in [0.15, 0.2) is 5.78 Å². The second-order valence-electron chi connectivity index (χ2n) is 6.52. The molecular formula is C21H25NO2. The van der Waals surface area contributed by atoms with Crippen molar-refractivity contribution in [2.45, 2.75) is 33.7 Å². The predicted molar refractivity (Wildman–Crippen MR) is 96.8 cm³/mol. The van der Waals surface area contributed by atoms with Gasteiger partial charge in [-0.25, -0.2) is 0 Å². The number of fused-ring (bicyclic) bond motifs is 1. The second kappa shape index (κ2) is 7.18. The van der Waals surface area contributed by atoms with Crippen LogP contribution in [-0.2, 0) is 13.0 Å². The molecule has 0 aliphatic carbocycles. The Balaban J connectivity index is 1.73. The molecule has 0 saturated carbocycles. The summed E-state index contributed by atoms with van der Waals surface area (Å²) in [5, 5.41) is 0. The fourth-order valence-corrected chi connectivity index (χ4v) is 3.38. The third kappa shape index (κ3) is 3.51. The maximum absolute atomic E-state index is 12.8. The van der Waals surface area contributed by atoms with Crippen LogP contribution in [0.3, 0.4) is 0 Å². The first-order valence-electron chi connectivity index (χ1n) is 8.65. The van der Waals surface area contributed by atoms with Crippen LogP contribution < -0.4 is 4.74 Å². The minimum atomic E-state index is 0.193. The van der Waals surface area contributed by atoms with Crippen molar-refractivity contribution in [2.24, 2.45) is 0 Å². The highest BCUT2D eigenvalue weighted by molar-refractivity contribution is 5.99. The molecule has 0 fully saturated rings. The average molecular weight is 323 g/mol. The summed E-state index contributed by atoms with van der Waals surface area (Å²) in [4.78, 5) is 15.0. The number of nitrogens with zero attached hydrogens (tertiary/aromatic N) is 1. The Morgan fingerprint density at radius 1 is 1.12 bits per heavy atom. The van der Waals surface area contributed by atoms with E-state index in [1.807, 2.05) is 32.9 Å². The molecule has 3 nitrogen and oxygen atoms in total. The van der Waals surface area contributed by atoms with E-state index >= 15 is 0 Å². The predicted octanol–water partition coefficient (Wildman–Crippen LogP) is 3.94. The Labute approximate surface area is 144 Å². The zero-order chi connectivity index (χ0) is 17.1. The van der Waals surface area contributed by atoms with Crippen molar-refractivity contribution in [3.63, 3.8) is 0 Å². The number of ketones is 1. The Bertz CT molecular complexity index is 751. The molecule has 126 valence electrons. The maximum Gasteiger partial charge on any atom is 0.177 e. The van der Waals surface area contributed by atoms with E-state index in [0.717, 1.165) is 42.0 Å². The van der Waals surface area contributed by atoms with Crippen molar-refractivity contribution in [1.29, 1.82) is 0 Å². The van der Waals surface area contributed by atoms with Crippen molar-refractivity contribution < 1.29 is 9.53 Å². The van der Waals surface area contributed by atoms with Crippen molar-refractivity contribution in [3.05, 3.63) is 64.2 Å². The van der Waals surface area contributed by atoms with Gasteiger partial charge in [0.1, 0.15) is 5.75 Å². The molecule has 0 spiro atoms. The quantitative estimate of drug-likeness (QED) is 0.781. The lowest BCUT2D eigenvalue weighted by Gasteiger charge is -2.28. The van der Waals surface area contributed by atoms with Gasteiger partial charge in [-0.05, 0) is 61.6 Å². The third-order valence-corrected chi connectivity index (χ3v) is 4.70. The Hall–Kier alpha value is -2.13. The molecule has 0 amide bonds. The number of benzene rings is 2. The molecule has 0 saturated heterocycles. The number of ether oxygens (including phenoxy) is 1. The highest BCUT2D eigenvalue weighted by Crippen LogP contribution is 2.24. The number of rotatable bonds is 5. The van der Waals surface area contributed by atoms with Gasteiger partial charge < -0.3 is 4.74 Å². The SMILES string of the molecule is CCOc1cc(C)c(C(=O)CN2CCc3ccccc3C2)cc1C.